The highest BCUT2D eigenvalue weighted by atomic mass is 35.5. The highest BCUT2D eigenvalue weighted by Gasteiger charge is 2.29. The van der Waals surface area contributed by atoms with Crippen LogP contribution in [0.5, 0.6) is 0 Å². The summed E-state index contributed by atoms with van der Waals surface area (Å²) in [5, 5.41) is 0. The number of nitrogens with two attached hydrogens (primary N) is 1. The van der Waals surface area contributed by atoms with Crippen molar-refractivity contribution in [2.45, 2.75) is 25.8 Å². The van der Waals surface area contributed by atoms with E-state index in [1.165, 1.54) is 6.07 Å². The summed E-state index contributed by atoms with van der Waals surface area (Å²) in [6.07, 6.45) is 1.04. The maximum absolute atomic E-state index is 13.8. The average Bonchev–Trinajstić information content (AvgIpc) is 2.29. The highest BCUT2D eigenvalue weighted by Crippen LogP contribution is 2.31. The van der Waals surface area contributed by atoms with Crippen molar-refractivity contribution in [1.29, 1.82) is 0 Å². The van der Waals surface area contributed by atoms with Gasteiger partial charge in [-0.1, -0.05) is 12.1 Å². The lowest BCUT2D eigenvalue weighted by atomic mass is 9.93. The zero-order valence-corrected chi connectivity index (χ0v) is 11.2. The molecule has 0 saturated heterocycles. The number of hydrogen-bond donors (Lipinski definition) is 1. The molecule has 100 valence electrons. The van der Waals surface area contributed by atoms with Crippen LogP contribution in [0.15, 0.2) is 18.2 Å². The Balaban J connectivity index is 0.00000162. The molecule has 3 nitrogen and oxygen atoms in total. The number of carbonyl (C=O) groups is 1. The molecule has 5 heteroatoms. The minimum Gasteiger partial charge on any atom is -0.335 e. The Morgan fingerprint density at radius 1 is 1.56 bits per heavy atom. The van der Waals surface area contributed by atoms with Crippen molar-refractivity contribution >= 4 is 18.3 Å². The summed E-state index contributed by atoms with van der Waals surface area (Å²) in [5.74, 6) is -0.214. The topological polar surface area (TPSA) is 46.3 Å². The van der Waals surface area contributed by atoms with Crippen LogP contribution in [0.4, 0.5) is 4.39 Å². The number of nitrogens with zero attached hydrogens (tertiary/aromatic N) is 1. The fourth-order valence-electron chi connectivity index (χ4n) is 2.47. The lowest BCUT2D eigenvalue weighted by Crippen LogP contribution is -2.40. The first-order chi connectivity index (χ1) is 8.15. The van der Waals surface area contributed by atoms with E-state index in [1.807, 2.05) is 13.0 Å². The third-order valence-electron chi connectivity index (χ3n) is 3.33. The van der Waals surface area contributed by atoms with Crippen LogP contribution in [-0.2, 0) is 11.2 Å². The molecule has 0 saturated carbocycles. The molecule has 1 heterocycles. The maximum Gasteiger partial charge on any atom is 0.224 e. The maximum atomic E-state index is 13.8. The fraction of sp³-hybridized carbons (Fsp3) is 0.462. The Morgan fingerprint density at radius 2 is 2.28 bits per heavy atom. The molecule has 1 aromatic carbocycles. The van der Waals surface area contributed by atoms with Crippen LogP contribution in [0.25, 0.3) is 0 Å². The summed E-state index contributed by atoms with van der Waals surface area (Å²) in [4.78, 5) is 13.6. The molecule has 2 rings (SSSR count). The predicted octanol–water partition coefficient (Wildman–Crippen LogP) is 2.04. The average molecular weight is 273 g/mol. The molecule has 1 aliphatic heterocycles. The number of halogens is 2. The van der Waals surface area contributed by atoms with Gasteiger partial charge in [0.2, 0.25) is 5.91 Å². The third kappa shape index (κ3) is 2.65. The Bertz CT molecular complexity index is 439. The SMILES string of the molecule is CC1c2c(F)cccc2CCN1C(=O)CCN.Cl. The van der Waals surface area contributed by atoms with Crippen molar-refractivity contribution in [2.75, 3.05) is 13.1 Å². The summed E-state index contributed by atoms with van der Waals surface area (Å²) < 4.78 is 13.8. The fourth-order valence-corrected chi connectivity index (χ4v) is 2.47. The second-order valence-electron chi connectivity index (χ2n) is 4.36. The first-order valence-corrected chi connectivity index (χ1v) is 5.92. The first-order valence-electron chi connectivity index (χ1n) is 5.92. The number of rotatable bonds is 2. The Labute approximate surface area is 113 Å². The van der Waals surface area contributed by atoms with Crippen molar-refractivity contribution in [2.24, 2.45) is 5.73 Å². The van der Waals surface area contributed by atoms with Gasteiger partial charge in [0.25, 0.3) is 0 Å². The number of hydrogen-bond acceptors (Lipinski definition) is 2. The number of benzene rings is 1. The highest BCUT2D eigenvalue weighted by molar-refractivity contribution is 5.85. The normalized spacial score (nSPS) is 17.9. The molecule has 1 atom stereocenters. The molecule has 0 bridgehead atoms. The van der Waals surface area contributed by atoms with Crippen molar-refractivity contribution in [3.8, 4) is 0 Å². The molecule has 0 aliphatic carbocycles. The van der Waals surface area contributed by atoms with Gasteiger partial charge in [0.15, 0.2) is 0 Å². The van der Waals surface area contributed by atoms with Gasteiger partial charge in [-0.25, -0.2) is 4.39 Å². The zero-order valence-electron chi connectivity index (χ0n) is 10.4. The van der Waals surface area contributed by atoms with Crippen LogP contribution in [0, 0.1) is 5.82 Å². The largest absolute Gasteiger partial charge is 0.335 e. The Kier molecular flexibility index (Phi) is 5.11. The minimum atomic E-state index is -0.222. The lowest BCUT2D eigenvalue weighted by molar-refractivity contribution is -0.133. The van der Waals surface area contributed by atoms with Crippen LogP contribution in [0.2, 0.25) is 0 Å². The van der Waals surface area contributed by atoms with Crippen molar-refractivity contribution in [3.05, 3.63) is 35.1 Å². The summed E-state index contributed by atoms with van der Waals surface area (Å²) in [5.41, 5.74) is 7.05. The van der Waals surface area contributed by atoms with E-state index in [1.54, 1.807) is 11.0 Å². The van der Waals surface area contributed by atoms with Crippen LogP contribution in [-0.4, -0.2) is 23.9 Å². The van der Waals surface area contributed by atoms with Crippen LogP contribution in [0.1, 0.15) is 30.5 Å². The van der Waals surface area contributed by atoms with E-state index in [4.69, 9.17) is 5.73 Å². The molecule has 1 aromatic rings. The summed E-state index contributed by atoms with van der Waals surface area (Å²) >= 11 is 0. The van der Waals surface area contributed by atoms with E-state index >= 15 is 0 Å². The monoisotopic (exact) mass is 272 g/mol. The molecule has 1 aliphatic rings. The van der Waals surface area contributed by atoms with E-state index in [-0.39, 0.29) is 30.2 Å². The van der Waals surface area contributed by atoms with Gasteiger partial charge < -0.3 is 10.6 Å². The number of fused-ring (bicyclic) bond motifs is 1. The molecule has 0 spiro atoms. The van der Waals surface area contributed by atoms with Crippen LogP contribution >= 0.6 is 12.4 Å². The Morgan fingerprint density at radius 3 is 2.94 bits per heavy atom. The summed E-state index contributed by atoms with van der Waals surface area (Å²) in [6.45, 7) is 2.86. The van der Waals surface area contributed by atoms with Crippen LogP contribution < -0.4 is 5.73 Å². The van der Waals surface area contributed by atoms with Gasteiger partial charge in [-0.3, -0.25) is 4.79 Å². The third-order valence-corrected chi connectivity index (χ3v) is 3.33. The minimum absolute atomic E-state index is 0. The van der Waals surface area contributed by atoms with Gasteiger partial charge in [-0.2, -0.15) is 0 Å². The van der Waals surface area contributed by atoms with E-state index < -0.39 is 0 Å². The van der Waals surface area contributed by atoms with E-state index in [0.29, 0.717) is 31.5 Å². The van der Waals surface area contributed by atoms with E-state index in [9.17, 15) is 9.18 Å². The molecule has 0 fully saturated rings. The Hall–Kier alpha value is -1.13. The summed E-state index contributed by atoms with van der Waals surface area (Å²) in [6, 6.07) is 4.91. The van der Waals surface area contributed by atoms with E-state index in [0.717, 1.165) is 5.56 Å². The second-order valence-corrected chi connectivity index (χ2v) is 4.36. The number of amides is 1. The molecule has 0 aromatic heterocycles. The smallest absolute Gasteiger partial charge is 0.224 e. The quantitative estimate of drug-likeness (QED) is 0.896. The van der Waals surface area contributed by atoms with Crippen molar-refractivity contribution < 1.29 is 9.18 Å². The molecular weight excluding hydrogens is 255 g/mol. The zero-order chi connectivity index (χ0) is 12.4. The predicted molar refractivity (Wildman–Crippen MR) is 71.2 cm³/mol. The van der Waals surface area contributed by atoms with Gasteiger partial charge in [0.1, 0.15) is 5.82 Å². The molecule has 0 radical (unpaired) electrons. The molecular formula is C13H18ClFN2O. The molecule has 1 amide bonds. The van der Waals surface area contributed by atoms with Crippen molar-refractivity contribution in [1.82, 2.24) is 4.90 Å². The van der Waals surface area contributed by atoms with Gasteiger partial charge >= 0.3 is 0 Å². The number of carbonyl (C=O) groups excluding carboxylic acids is 1. The van der Waals surface area contributed by atoms with E-state index in [2.05, 4.69) is 0 Å². The van der Waals surface area contributed by atoms with Gasteiger partial charge in [-0.05, 0) is 25.0 Å². The molecule has 1 unspecified atom stereocenters. The van der Waals surface area contributed by atoms with Crippen molar-refractivity contribution in [3.63, 3.8) is 0 Å². The second kappa shape index (κ2) is 6.16. The van der Waals surface area contributed by atoms with Gasteiger partial charge in [0.05, 0.1) is 6.04 Å². The summed E-state index contributed by atoms with van der Waals surface area (Å²) in [7, 11) is 0. The molecule has 2 N–H and O–H groups in total. The van der Waals surface area contributed by atoms with Crippen LogP contribution in [0.3, 0.4) is 0 Å². The first kappa shape index (κ1) is 14.9. The van der Waals surface area contributed by atoms with Gasteiger partial charge in [0, 0.05) is 25.1 Å². The van der Waals surface area contributed by atoms with Gasteiger partial charge in [-0.15, -0.1) is 12.4 Å². The lowest BCUT2D eigenvalue weighted by Gasteiger charge is -2.35. The molecule has 18 heavy (non-hydrogen) atoms. The standard InChI is InChI=1S/C13H17FN2O.ClH/c1-9-13-10(3-2-4-11(13)14)6-8-16(9)12(17)5-7-15;/h2-4,9H,5-8,15H2,1H3;1H.